The zero-order valence-corrected chi connectivity index (χ0v) is 36.1. The van der Waals surface area contributed by atoms with Gasteiger partial charge in [0, 0.05) is 46.7 Å². The zero-order chi connectivity index (χ0) is 44.0. The third-order valence-corrected chi connectivity index (χ3v) is 11.9. The van der Waals surface area contributed by atoms with Crippen molar-refractivity contribution in [3.8, 4) is 0 Å². The molecule has 65 heavy (non-hydrogen) atoms. The summed E-state index contributed by atoms with van der Waals surface area (Å²) in [4.78, 5) is 18.6. The summed E-state index contributed by atoms with van der Waals surface area (Å²) in [7, 11) is -6.09. The molecule has 320 valence electrons. The van der Waals surface area contributed by atoms with Gasteiger partial charge in [0.2, 0.25) is 0 Å². The van der Waals surface area contributed by atoms with E-state index >= 15 is 0 Å². The second kappa shape index (κ2) is 17.5. The predicted octanol–water partition coefficient (Wildman–Crippen LogP) is 13.8. The van der Waals surface area contributed by atoms with Crippen LogP contribution in [0, 0.1) is 0 Å². The van der Waals surface area contributed by atoms with E-state index < -0.39 is 15.6 Å². The number of benzene rings is 10. The largest absolute Gasteiger partial charge is 1.00 e. The van der Waals surface area contributed by atoms with E-state index in [4.69, 9.17) is 23.0 Å². The van der Waals surface area contributed by atoms with E-state index in [0.29, 0.717) is 0 Å². The van der Waals surface area contributed by atoms with Crippen LogP contribution in [-0.2, 0) is 32.5 Å². The number of aliphatic imine (C=N–C) groups is 2. The summed E-state index contributed by atoms with van der Waals surface area (Å²) in [6.45, 7) is 0. The van der Waals surface area contributed by atoms with Gasteiger partial charge in [-0.25, -0.2) is 8.42 Å². The summed E-state index contributed by atoms with van der Waals surface area (Å²) in [5.74, 6) is 0. The maximum Gasteiger partial charge on any atom is 1.00 e. The van der Waals surface area contributed by atoms with Crippen LogP contribution in [0.2, 0.25) is 0 Å². The molecule has 0 fully saturated rings. The zero-order valence-electron chi connectivity index (χ0n) is 33.8. The average Bonchev–Trinajstić information content (AvgIpc) is 3.31. The Labute approximate surface area is 385 Å². The van der Waals surface area contributed by atoms with Crippen LogP contribution >= 0.6 is 0 Å². The molecule has 10 aromatic carbocycles. The topological polar surface area (TPSA) is 108 Å². The van der Waals surface area contributed by atoms with Crippen molar-refractivity contribution >= 4 is 120 Å². The minimum atomic E-state index is -6.09. The molecule has 2 heterocycles. The maximum absolute atomic E-state index is 10.7. The van der Waals surface area contributed by atoms with Gasteiger partial charge in [-0.1, -0.05) is 146 Å². The number of fused-ring (bicyclic) bond motifs is 2. The van der Waals surface area contributed by atoms with Gasteiger partial charge in [-0.15, -0.1) is 0 Å². The van der Waals surface area contributed by atoms with Crippen LogP contribution in [0.25, 0.3) is 86.4 Å². The third-order valence-electron chi connectivity index (χ3n) is 11.3. The number of para-hydroxylation sites is 2. The van der Waals surface area contributed by atoms with Crippen LogP contribution in [0.5, 0.6) is 0 Å². The van der Waals surface area contributed by atoms with Gasteiger partial charge < -0.3 is 4.55 Å². The smallest absolute Gasteiger partial charge is 0.741 e. The fourth-order valence-corrected chi connectivity index (χ4v) is 8.40. The van der Waals surface area contributed by atoms with Crippen molar-refractivity contribution in [3.63, 3.8) is 0 Å². The quantitative estimate of drug-likeness (QED) is 0.0574. The Morgan fingerprint density at radius 2 is 0.738 bits per heavy atom. The van der Waals surface area contributed by atoms with Crippen LogP contribution in [-0.4, -0.2) is 40.9 Å². The number of alkyl halides is 3. The van der Waals surface area contributed by atoms with Gasteiger partial charge in [0.25, 0.3) is 0 Å². The van der Waals surface area contributed by atoms with E-state index in [-0.39, 0.29) is 22.4 Å². The van der Waals surface area contributed by atoms with Gasteiger partial charge >= 0.3 is 27.9 Å². The molecule has 0 atom stereocenters. The molecule has 0 saturated carbocycles. The Morgan fingerprint density at radius 1 is 0.431 bits per heavy atom. The van der Waals surface area contributed by atoms with Gasteiger partial charge in [0.05, 0.1) is 22.4 Å². The van der Waals surface area contributed by atoms with Crippen LogP contribution < -0.4 is 0 Å². The molecule has 0 aliphatic carbocycles. The van der Waals surface area contributed by atoms with Gasteiger partial charge in [-0.05, 0) is 88.9 Å². The number of rotatable bonds is 4. The number of aromatic nitrogens is 2. The van der Waals surface area contributed by atoms with Gasteiger partial charge in [-0.2, -0.15) is 13.2 Å². The number of hydrogen-bond donors (Lipinski definition) is 0. The van der Waals surface area contributed by atoms with E-state index in [1.54, 1.807) is 0 Å². The van der Waals surface area contributed by atoms with E-state index in [9.17, 15) is 13.2 Å². The average molecular weight is 970 g/mol. The molecule has 2 aromatic heterocycles. The fourth-order valence-electron chi connectivity index (χ4n) is 8.40. The number of nitrogens with zero attached hydrogens (tertiary/aromatic N) is 4. The van der Waals surface area contributed by atoms with Crippen molar-refractivity contribution in [1.82, 2.24) is 9.97 Å². The molecule has 0 amide bonds. The van der Waals surface area contributed by atoms with Crippen LogP contribution in [0.15, 0.2) is 192 Å². The molecule has 0 spiro atoms. The van der Waals surface area contributed by atoms with Crippen LogP contribution in [0.3, 0.4) is 0 Å². The minimum Gasteiger partial charge on any atom is -0.741 e. The second-order valence-electron chi connectivity index (χ2n) is 15.1. The summed E-state index contributed by atoms with van der Waals surface area (Å²) in [6.07, 6.45) is 7.57. The van der Waals surface area contributed by atoms with Gasteiger partial charge in [0.15, 0.2) is 10.1 Å². The van der Waals surface area contributed by atoms with Gasteiger partial charge in [-0.3, -0.25) is 20.0 Å². The molecule has 12 aromatic rings. The molecular formula is C53H32AgF3N4O3S. The molecule has 0 saturated heterocycles. The van der Waals surface area contributed by atoms with E-state index in [1.807, 2.05) is 61.2 Å². The first kappa shape index (κ1) is 43.1. The normalized spacial score (nSPS) is 12.2. The maximum atomic E-state index is 10.7. The van der Waals surface area contributed by atoms with Crippen molar-refractivity contribution in [3.05, 3.63) is 193 Å². The molecule has 0 radical (unpaired) electrons. The Bertz CT molecular complexity index is 3620. The van der Waals surface area contributed by atoms with Crippen molar-refractivity contribution in [2.75, 3.05) is 0 Å². The van der Waals surface area contributed by atoms with Crippen molar-refractivity contribution in [2.45, 2.75) is 5.51 Å². The molecular weight excluding hydrogens is 938 g/mol. The molecule has 7 nitrogen and oxygen atoms in total. The van der Waals surface area contributed by atoms with Crippen LogP contribution in [0.4, 0.5) is 24.5 Å². The van der Waals surface area contributed by atoms with Crippen molar-refractivity contribution in [2.24, 2.45) is 9.98 Å². The Hall–Kier alpha value is -7.12. The first-order valence-corrected chi connectivity index (χ1v) is 21.5. The van der Waals surface area contributed by atoms with Crippen LogP contribution in [0.1, 0.15) is 11.1 Å². The number of hydrogen-bond acceptors (Lipinski definition) is 7. The third kappa shape index (κ3) is 8.28. The SMILES string of the molecule is C(=Nc1cccc2cccnc12)c1ccc2ccc3cccc4ccc1c2c34.C(=Nc1cccc2cccnc12)c1ccc2ccc3cccc4ccc1c2c34.O=S(=O)([O-])C(F)(F)F.[Ag+]. The first-order valence-electron chi connectivity index (χ1n) is 20.1. The Morgan fingerprint density at radius 3 is 1.12 bits per heavy atom. The molecule has 0 aliphatic rings. The van der Waals surface area contributed by atoms with E-state index in [2.05, 4.69) is 143 Å². The number of pyridine rings is 2. The molecule has 0 N–H and O–H groups in total. The van der Waals surface area contributed by atoms with Gasteiger partial charge in [0.1, 0.15) is 0 Å². The summed E-state index contributed by atoms with van der Waals surface area (Å²) < 4.78 is 58.9. The monoisotopic (exact) mass is 968 g/mol. The van der Waals surface area contributed by atoms with Crippen molar-refractivity contribution < 1.29 is 48.5 Å². The summed E-state index contributed by atoms with van der Waals surface area (Å²) in [5, 5.41) is 17.6. The second-order valence-corrected chi connectivity index (χ2v) is 16.5. The molecule has 0 aliphatic heterocycles. The standard InChI is InChI=1S/2C26H16N2.CHF3O3S.Ag/c2*1-4-17-9-10-19-11-12-21(22-14-13-18(5-1)24(17)25(19)22)16-28-23-8-2-6-20-7-3-15-27-26(20)23;2-1(3,4)8(5,6)7;/h2*1-16H;(H,5,6,7);/q;;;+1/p-1. The predicted molar refractivity (Wildman–Crippen MR) is 254 cm³/mol. The minimum absolute atomic E-state index is 0. The molecule has 12 heteroatoms. The molecule has 0 bridgehead atoms. The fraction of sp³-hybridized carbons (Fsp3) is 0.0189. The first-order chi connectivity index (χ1) is 31.0. The van der Waals surface area contributed by atoms with E-state index in [1.165, 1.54) is 64.6 Å². The van der Waals surface area contributed by atoms with E-state index in [0.717, 1.165) is 44.3 Å². The summed E-state index contributed by atoms with van der Waals surface area (Å²) in [5.41, 5.74) is 0.246. The molecule has 0 unspecified atom stereocenters. The Kier molecular flexibility index (Phi) is 11.6. The molecule has 12 rings (SSSR count). The summed E-state index contributed by atoms with van der Waals surface area (Å²) >= 11 is 0. The van der Waals surface area contributed by atoms with Crippen molar-refractivity contribution in [1.29, 1.82) is 0 Å². The Balaban J connectivity index is 0.000000139. The number of halogens is 3. The summed E-state index contributed by atoms with van der Waals surface area (Å²) in [6, 6.07) is 59.6.